The normalized spacial score (nSPS) is 14.9. The number of hydrogen-bond donors (Lipinski definition) is 1. The third-order valence-corrected chi connectivity index (χ3v) is 6.69. The van der Waals surface area contributed by atoms with Crippen LogP contribution in [-0.2, 0) is 11.2 Å². The SMILES string of the molecule is COc1ccccc1CC(=O)N1CCC(NC(=O)c2sc(C(C)C)nc2C)CC1. The van der Waals surface area contributed by atoms with Crippen LogP contribution < -0.4 is 10.1 Å². The highest BCUT2D eigenvalue weighted by atomic mass is 32.1. The number of carbonyl (C=O) groups excluding carboxylic acids is 2. The molecule has 6 nitrogen and oxygen atoms in total. The molecular formula is C22H29N3O3S. The van der Waals surface area contributed by atoms with Gasteiger partial charge >= 0.3 is 0 Å². The number of ether oxygens (including phenoxy) is 1. The van der Waals surface area contributed by atoms with Gasteiger partial charge in [-0.25, -0.2) is 4.98 Å². The van der Waals surface area contributed by atoms with Crippen molar-refractivity contribution in [3.05, 3.63) is 45.4 Å². The molecule has 1 aliphatic rings. The van der Waals surface area contributed by atoms with E-state index in [2.05, 4.69) is 24.1 Å². The molecule has 2 aromatic rings. The number of rotatable bonds is 6. The number of aromatic nitrogens is 1. The van der Waals surface area contributed by atoms with Gasteiger partial charge in [0.15, 0.2) is 0 Å². The Kier molecular flexibility index (Phi) is 6.90. The summed E-state index contributed by atoms with van der Waals surface area (Å²) in [7, 11) is 1.62. The highest BCUT2D eigenvalue weighted by Crippen LogP contribution is 2.25. The van der Waals surface area contributed by atoms with Crippen molar-refractivity contribution in [2.75, 3.05) is 20.2 Å². The van der Waals surface area contributed by atoms with Gasteiger partial charge in [0.25, 0.3) is 5.91 Å². The molecule has 0 saturated carbocycles. The largest absolute Gasteiger partial charge is 0.496 e. The molecule has 0 aliphatic carbocycles. The van der Waals surface area contributed by atoms with Crippen LogP contribution in [0.3, 0.4) is 0 Å². The predicted octanol–water partition coefficient (Wildman–Crippen LogP) is 3.55. The van der Waals surface area contributed by atoms with Crippen LogP contribution in [0.5, 0.6) is 5.75 Å². The standard InChI is InChI=1S/C22H29N3O3S/c1-14(2)22-23-15(3)20(29-22)21(27)24-17-9-11-25(12-10-17)19(26)13-16-7-5-6-8-18(16)28-4/h5-8,14,17H,9-13H2,1-4H3,(H,24,27). The molecule has 1 aromatic heterocycles. The molecule has 2 heterocycles. The number of nitrogens with zero attached hydrogens (tertiary/aromatic N) is 2. The lowest BCUT2D eigenvalue weighted by Gasteiger charge is -2.32. The fraction of sp³-hybridized carbons (Fsp3) is 0.500. The molecule has 0 unspecified atom stereocenters. The van der Waals surface area contributed by atoms with Crippen molar-refractivity contribution in [2.24, 2.45) is 0 Å². The van der Waals surface area contributed by atoms with Gasteiger partial charge in [-0.2, -0.15) is 0 Å². The van der Waals surface area contributed by atoms with Crippen molar-refractivity contribution in [3.8, 4) is 5.75 Å². The predicted molar refractivity (Wildman–Crippen MR) is 115 cm³/mol. The average Bonchev–Trinajstić information content (AvgIpc) is 3.11. The fourth-order valence-corrected chi connectivity index (χ4v) is 4.50. The summed E-state index contributed by atoms with van der Waals surface area (Å²) in [6.07, 6.45) is 1.86. The van der Waals surface area contributed by atoms with Crippen molar-refractivity contribution in [3.63, 3.8) is 0 Å². The van der Waals surface area contributed by atoms with Gasteiger partial charge in [0.1, 0.15) is 10.6 Å². The maximum Gasteiger partial charge on any atom is 0.263 e. The number of methoxy groups -OCH3 is 1. The first-order valence-corrected chi connectivity index (χ1v) is 10.9. The Bertz CT molecular complexity index is 870. The molecule has 0 spiro atoms. The van der Waals surface area contributed by atoms with E-state index in [1.807, 2.05) is 36.1 Å². The molecule has 29 heavy (non-hydrogen) atoms. The number of para-hydroxylation sites is 1. The Balaban J connectivity index is 1.52. The monoisotopic (exact) mass is 415 g/mol. The number of amides is 2. The second kappa shape index (κ2) is 9.39. The van der Waals surface area contributed by atoms with Gasteiger partial charge in [0.05, 0.1) is 24.2 Å². The maximum absolute atomic E-state index is 12.7. The van der Waals surface area contributed by atoms with Crippen molar-refractivity contribution in [1.82, 2.24) is 15.2 Å². The van der Waals surface area contributed by atoms with Crippen LogP contribution in [0.25, 0.3) is 0 Å². The summed E-state index contributed by atoms with van der Waals surface area (Å²) in [6.45, 7) is 7.35. The first kappa shape index (κ1) is 21.3. The second-order valence-electron chi connectivity index (χ2n) is 7.74. The van der Waals surface area contributed by atoms with Gasteiger partial charge in [0, 0.05) is 30.6 Å². The maximum atomic E-state index is 12.7. The number of aryl methyl sites for hydroxylation is 1. The van der Waals surface area contributed by atoms with E-state index in [-0.39, 0.29) is 17.9 Å². The number of thiazole rings is 1. The molecule has 1 saturated heterocycles. The molecule has 0 radical (unpaired) electrons. The van der Waals surface area contributed by atoms with Crippen LogP contribution in [0.1, 0.15) is 58.5 Å². The topological polar surface area (TPSA) is 71.5 Å². The van der Waals surface area contributed by atoms with Gasteiger partial charge in [-0.15, -0.1) is 11.3 Å². The molecule has 0 bridgehead atoms. The minimum absolute atomic E-state index is 0.0503. The van der Waals surface area contributed by atoms with Crippen LogP contribution in [-0.4, -0.2) is 47.9 Å². The first-order valence-electron chi connectivity index (χ1n) is 10.1. The Labute approximate surface area is 176 Å². The van der Waals surface area contributed by atoms with Gasteiger partial charge in [-0.05, 0) is 25.8 Å². The van der Waals surface area contributed by atoms with Crippen molar-refractivity contribution < 1.29 is 14.3 Å². The molecule has 3 rings (SSSR count). The molecule has 1 N–H and O–H groups in total. The molecule has 1 fully saturated rings. The average molecular weight is 416 g/mol. The summed E-state index contributed by atoms with van der Waals surface area (Å²) in [5.74, 6) is 1.10. The van der Waals surface area contributed by atoms with Crippen molar-refractivity contribution in [2.45, 2.75) is 52.0 Å². The van der Waals surface area contributed by atoms with Crippen LogP contribution in [0.4, 0.5) is 0 Å². The summed E-state index contributed by atoms with van der Waals surface area (Å²) in [5.41, 5.74) is 1.69. The number of carbonyl (C=O) groups is 2. The van der Waals surface area contributed by atoms with E-state index in [1.165, 1.54) is 11.3 Å². The zero-order valence-electron chi connectivity index (χ0n) is 17.5. The molecule has 7 heteroatoms. The highest BCUT2D eigenvalue weighted by Gasteiger charge is 2.26. The molecule has 0 atom stereocenters. The van der Waals surface area contributed by atoms with Gasteiger partial charge in [-0.1, -0.05) is 32.0 Å². The van der Waals surface area contributed by atoms with E-state index >= 15 is 0 Å². The van der Waals surface area contributed by atoms with Gasteiger partial charge < -0.3 is 15.0 Å². The summed E-state index contributed by atoms with van der Waals surface area (Å²) in [4.78, 5) is 32.4. The number of nitrogens with one attached hydrogen (secondary N) is 1. The lowest BCUT2D eigenvalue weighted by molar-refractivity contribution is -0.131. The van der Waals surface area contributed by atoms with E-state index in [0.29, 0.717) is 30.3 Å². The number of likely N-dealkylation sites (tertiary alicyclic amines) is 1. The molecular weight excluding hydrogens is 386 g/mol. The molecule has 1 aliphatic heterocycles. The quantitative estimate of drug-likeness (QED) is 0.783. The van der Waals surface area contributed by atoms with E-state index in [4.69, 9.17) is 4.74 Å². The third-order valence-electron chi connectivity index (χ3n) is 5.23. The van der Waals surface area contributed by atoms with Gasteiger partial charge in [0.2, 0.25) is 5.91 Å². The summed E-state index contributed by atoms with van der Waals surface area (Å²) < 4.78 is 5.34. The Morgan fingerprint density at radius 1 is 1.28 bits per heavy atom. The van der Waals surface area contributed by atoms with Crippen molar-refractivity contribution in [1.29, 1.82) is 0 Å². The highest BCUT2D eigenvalue weighted by molar-refractivity contribution is 7.13. The first-order chi connectivity index (χ1) is 13.9. The molecule has 156 valence electrons. The van der Waals surface area contributed by atoms with Crippen LogP contribution >= 0.6 is 11.3 Å². The number of benzene rings is 1. The molecule has 1 aromatic carbocycles. The van der Waals surface area contributed by atoms with Crippen LogP contribution in [0.15, 0.2) is 24.3 Å². The van der Waals surface area contributed by atoms with E-state index in [9.17, 15) is 9.59 Å². The van der Waals surface area contributed by atoms with Gasteiger partial charge in [-0.3, -0.25) is 9.59 Å². The lowest BCUT2D eigenvalue weighted by atomic mass is 10.0. The smallest absolute Gasteiger partial charge is 0.263 e. The summed E-state index contributed by atoms with van der Waals surface area (Å²) >= 11 is 1.47. The third kappa shape index (κ3) is 5.15. The zero-order chi connectivity index (χ0) is 21.0. The van der Waals surface area contributed by atoms with Crippen LogP contribution in [0, 0.1) is 6.92 Å². The zero-order valence-corrected chi connectivity index (χ0v) is 18.3. The number of hydrogen-bond acceptors (Lipinski definition) is 5. The minimum Gasteiger partial charge on any atom is -0.496 e. The van der Waals surface area contributed by atoms with E-state index < -0.39 is 0 Å². The fourth-order valence-electron chi connectivity index (χ4n) is 3.52. The lowest BCUT2D eigenvalue weighted by Crippen LogP contribution is -2.47. The van der Waals surface area contributed by atoms with Crippen LogP contribution in [0.2, 0.25) is 0 Å². The molecule has 2 amide bonds. The summed E-state index contributed by atoms with van der Waals surface area (Å²) in [6, 6.07) is 7.69. The Hall–Kier alpha value is -2.41. The minimum atomic E-state index is -0.0503. The summed E-state index contributed by atoms with van der Waals surface area (Å²) in [5, 5.41) is 4.12. The van der Waals surface area contributed by atoms with E-state index in [0.717, 1.165) is 34.9 Å². The second-order valence-corrected chi connectivity index (χ2v) is 8.77. The Morgan fingerprint density at radius 3 is 2.59 bits per heavy atom. The number of piperidine rings is 1. The van der Waals surface area contributed by atoms with Crippen molar-refractivity contribution >= 4 is 23.2 Å². The Morgan fingerprint density at radius 2 is 1.97 bits per heavy atom. The van der Waals surface area contributed by atoms with E-state index in [1.54, 1.807) is 7.11 Å².